The van der Waals surface area contributed by atoms with Crippen LogP contribution in [0.2, 0.25) is 0 Å². The van der Waals surface area contributed by atoms with Gasteiger partial charge in [-0.05, 0) is 69.1 Å². The number of methoxy groups -OCH3 is 1. The van der Waals surface area contributed by atoms with Crippen molar-refractivity contribution in [2.45, 2.75) is 32.2 Å². The van der Waals surface area contributed by atoms with Crippen LogP contribution in [0.4, 0.5) is 0 Å². The maximum absolute atomic E-state index is 5.32. The molecule has 2 aliphatic rings. The SMILES string of the molecule is CCN1CCC(CNC(=NC)NCC(c2ccc(OC)cc2)N2CCCC2)C1.I. The first-order chi connectivity index (χ1) is 13.7. The minimum absolute atomic E-state index is 0. The number of halogens is 1. The number of rotatable bonds is 8. The Balaban J connectivity index is 0.00000300. The number of hydrogen-bond donors (Lipinski definition) is 2. The van der Waals surface area contributed by atoms with Crippen LogP contribution in [0, 0.1) is 5.92 Å². The van der Waals surface area contributed by atoms with Crippen LogP contribution < -0.4 is 15.4 Å². The third-order valence-electron chi connectivity index (χ3n) is 6.14. The summed E-state index contributed by atoms with van der Waals surface area (Å²) in [5.74, 6) is 2.54. The van der Waals surface area contributed by atoms with E-state index in [1.54, 1.807) is 7.11 Å². The molecule has 2 fully saturated rings. The Bertz CT molecular complexity index is 618. The zero-order valence-corrected chi connectivity index (χ0v) is 20.5. The van der Waals surface area contributed by atoms with Crippen LogP contribution in [0.1, 0.15) is 37.8 Å². The molecule has 2 heterocycles. The van der Waals surface area contributed by atoms with Crippen LogP contribution in [-0.4, -0.2) is 75.7 Å². The first kappa shape index (κ1) is 24.2. The first-order valence-electron chi connectivity index (χ1n) is 10.8. The second-order valence-electron chi connectivity index (χ2n) is 7.91. The van der Waals surface area contributed by atoms with E-state index in [1.807, 2.05) is 7.05 Å². The van der Waals surface area contributed by atoms with E-state index in [9.17, 15) is 0 Å². The number of guanidine groups is 1. The van der Waals surface area contributed by atoms with Gasteiger partial charge in [0.1, 0.15) is 5.75 Å². The van der Waals surface area contributed by atoms with Gasteiger partial charge in [-0.2, -0.15) is 0 Å². The minimum atomic E-state index is 0. The first-order valence-corrected chi connectivity index (χ1v) is 10.8. The normalized spacial score (nSPS) is 21.6. The largest absolute Gasteiger partial charge is 0.497 e. The maximum atomic E-state index is 5.32. The van der Waals surface area contributed by atoms with Crippen LogP contribution >= 0.6 is 24.0 Å². The lowest BCUT2D eigenvalue weighted by Gasteiger charge is -2.29. The van der Waals surface area contributed by atoms with Gasteiger partial charge in [-0.25, -0.2) is 0 Å². The molecule has 2 unspecified atom stereocenters. The Kier molecular flexibility index (Phi) is 10.5. The number of aliphatic imine (C=N–C) groups is 1. The highest BCUT2D eigenvalue weighted by Crippen LogP contribution is 2.26. The maximum Gasteiger partial charge on any atom is 0.191 e. The summed E-state index contributed by atoms with van der Waals surface area (Å²) in [6.07, 6.45) is 3.85. The predicted molar refractivity (Wildman–Crippen MR) is 132 cm³/mol. The van der Waals surface area contributed by atoms with Gasteiger partial charge in [-0.1, -0.05) is 19.1 Å². The molecule has 0 aliphatic carbocycles. The molecule has 1 aromatic carbocycles. The molecule has 0 saturated carbocycles. The molecule has 2 saturated heterocycles. The molecule has 2 atom stereocenters. The Labute approximate surface area is 193 Å². The fraction of sp³-hybridized carbons (Fsp3) is 0.682. The summed E-state index contributed by atoms with van der Waals surface area (Å²) in [5.41, 5.74) is 1.33. The molecule has 6 nitrogen and oxygen atoms in total. The number of ether oxygens (including phenoxy) is 1. The fourth-order valence-corrected chi connectivity index (χ4v) is 4.36. The average Bonchev–Trinajstić information content (AvgIpc) is 3.43. The van der Waals surface area contributed by atoms with Crippen molar-refractivity contribution in [2.24, 2.45) is 10.9 Å². The van der Waals surface area contributed by atoms with Crippen molar-refractivity contribution in [1.29, 1.82) is 0 Å². The van der Waals surface area contributed by atoms with Gasteiger partial charge in [0.15, 0.2) is 5.96 Å². The lowest BCUT2D eigenvalue weighted by atomic mass is 10.1. The predicted octanol–water partition coefficient (Wildman–Crippen LogP) is 2.96. The lowest BCUT2D eigenvalue weighted by Crippen LogP contribution is -2.44. The number of likely N-dealkylation sites (tertiary alicyclic amines) is 2. The summed E-state index contributed by atoms with van der Waals surface area (Å²) in [6, 6.07) is 8.86. The summed E-state index contributed by atoms with van der Waals surface area (Å²) in [4.78, 5) is 9.56. The Morgan fingerprint density at radius 1 is 1.17 bits per heavy atom. The van der Waals surface area contributed by atoms with Gasteiger partial charge in [0, 0.05) is 26.7 Å². The van der Waals surface area contributed by atoms with Crippen LogP contribution in [0.25, 0.3) is 0 Å². The highest BCUT2D eigenvalue weighted by Gasteiger charge is 2.24. The van der Waals surface area contributed by atoms with E-state index >= 15 is 0 Å². The monoisotopic (exact) mass is 515 g/mol. The zero-order chi connectivity index (χ0) is 19.8. The zero-order valence-electron chi connectivity index (χ0n) is 18.2. The van der Waals surface area contributed by atoms with Crippen LogP contribution in [0.3, 0.4) is 0 Å². The van der Waals surface area contributed by atoms with Gasteiger partial charge in [0.2, 0.25) is 0 Å². The van der Waals surface area contributed by atoms with Gasteiger partial charge < -0.3 is 20.3 Å². The van der Waals surface area contributed by atoms with E-state index < -0.39 is 0 Å². The molecule has 29 heavy (non-hydrogen) atoms. The molecule has 0 radical (unpaired) electrons. The molecule has 164 valence electrons. The van der Waals surface area contributed by atoms with Crippen molar-refractivity contribution < 1.29 is 4.74 Å². The van der Waals surface area contributed by atoms with Crippen molar-refractivity contribution in [3.63, 3.8) is 0 Å². The van der Waals surface area contributed by atoms with E-state index in [0.29, 0.717) is 6.04 Å². The van der Waals surface area contributed by atoms with Crippen LogP contribution in [-0.2, 0) is 0 Å². The molecular weight excluding hydrogens is 477 g/mol. The Morgan fingerprint density at radius 2 is 1.90 bits per heavy atom. The Hall–Kier alpha value is -1.06. The molecule has 0 aromatic heterocycles. The molecule has 2 N–H and O–H groups in total. The van der Waals surface area contributed by atoms with E-state index in [-0.39, 0.29) is 24.0 Å². The summed E-state index contributed by atoms with van der Waals surface area (Å²) in [7, 11) is 3.58. The quantitative estimate of drug-likeness (QED) is 0.317. The number of nitrogens with one attached hydrogen (secondary N) is 2. The van der Waals surface area contributed by atoms with Crippen molar-refractivity contribution in [3.8, 4) is 5.75 Å². The van der Waals surface area contributed by atoms with Gasteiger partial charge >= 0.3 is 0 Å². The summed E-state index contributed by atoms with van der Waals surface area (Å²) in [6.45, 7) is 10.0. The van der Waals surface area contributed by atoms with Crippen molar-refractivity contribution in [3.05, 3.63) is 29.8 Å². The van der Waals surface area contributed by atoms with Crippen molar-refractivity contribution in [1.82, 2.24) is 20.4 Å². The second-order valence-corrected chi connectivity index (χ2v) is 7.91. The second kappa shape index (κ2) is 12.6. The molecule has 0 amide bonds. The van der Waals surface area contributed by atoms with Gasteiger partial charge in [0.05, 0.1) is 13.2 Å². The van der Waals surface area contributed by atoms with E-state index in [0.717, 1.165) is 37.3 Å². The minimum Gasteiger partial charge on any atom is -0.497 e. The number of nitrogens with zero attached hydrogens (tertiary/aromatic N) is 3. The average molecular weight is 515 g/mol. The van der Waals surface area contributed by atoms with Gasteiger partial charge in [-0.15, -0.1) is 24.0 Å². The van der Waals surface area contributed by atoms with Crippen LogP contribution in [0.5, 0.6) is 5.75 Å². The highest BCUT2D eigenvalue weighted by atomic mass is 127. The summed E-state index contributed by atoms with van der Waals surface area (Å²) < 4.78 is 5.32. The molecular formula is C22H38IN5O. The third-order valence-corrected chi connectivity index (χ3v) is 6.14. The topological polar surface area (TPSA) is 52.1 Å². The molecule has 1 aromatic rings. The van der Waals surface area contributed by atoms with E-state index in [2.05, 4.69) is 56.6 Å². The van der Waals surface area contributed by atoms with Gasteiger partial charge in [-0.3, -0.25) is 9.89 Å². The molecule has 3 rings (SSSR count). The van der Waals surface area contributed by atoms with Gasteiger partial charge in [0.25, 0.3) is 0 Å². The molecule has 0 bridgehead atoms. The van der Waals surface area contributed by atoms with E-state index in [4.69, 9.17) is 4.74 Å². The van der Waals surface area contributed by atoms with E-state index in [1.165, 1.54) is 51.0 Å². The smallest absolute Gasteiger partial charge is 0.191 e. The Morgan fingerprint density at radius 3 is 2.48 bits per heavy atom. The number of benzene rings is 1. The fourth-order valence-electron chi connectivity index (χ4n) is 4.36. The molecule has 7 heteroatoms. The van der Waals surface area contributed by atoms with Crippen LogP contribution in [0.15, 0.2) is 29.3 Å². The molecule has 2 aliphatic heterocycles. The molecule has 0 spiro atoms. The third kappa shape index (κ3) is 7.00. The lowest BCUT2D eigenvalue weighted by molar-refractivity contribution is 0.245. The number of hydrogen-bond acceptors (Lipinski definition) is 4. The summed E-state index contributed by atoms with van der Waals surface area (Å²) in [5, 5.41) is 7.12. The van der Waals surface area contributed by atoms with Crippen molar-refractivity contribution in [2.75, 3.05) is 60.0 Å². The van der Waals surface area contributed by atoms with Crippen molar-refractivity contribution >= 4 is 29.9 Å². The summed E-state index contributed by atoms with van der Waals surface area (Å²) >= 11 is 0. The standard InChI is InChI=1S/C22H37N5O.HI/c1-4-26-14-11-18(17-26)15-24-22(23-2)25-16-21(27-12-5-6-13-27)19-7-9-20(28-3)10-8-19;/h7-10,18,21H,4-6,11-17H2,1-3H3,(H2,23,24,25);1H. The highest BCUT2D eigenvalue weighted by molar-refractivity contribution is 14.0.